The first-order chi connectivity index (χ1) is 11.1. The molecule has 1 rings (SSSR count). The van der Waals surface area contributed by atoms with Gasteiger partial charge in [-0.05, 0) is 25.7 Å². The zero-order chi connectivity index (χ0) is 17.1. The van der Waals surface area contributed by atoms with Gasteiger partial charge in [-0.25, -0.2) is 4.99 Å². The lowest BCUT2D eigenvalue weighted by molar-refractivity contribution is -0.140. The number of carbonyl (C=O) groups is 1. The molecule has 0 aromatic carbocycles. The number of esters is 1. The summed E-state index contributed by atoms with van der Waals surface area (Å²) < 4.78 is 9.88. The van der Waals surface area contributed by atoms with E-state index in [-0.39, 0.29) is 5.97 Å². The summed E-state index contributed by atoms with van der Waals surface area (Å²) >= 11 is 0. The third-order valence-electron chi connectivity index (χ3n) is 3.23. The van der Waals surface area contributed by atoms with Crippen molar-refractivity contribution in [1.29, 1.82) is 0 Å². The quantitative estimate of drug-likeness (QED) is 0.313. The number of unbranched alkanes of at least 4 members (excludes halogenated alkanes) is 1. The number of rotatable bonds is 9. The number of guanidine groups is 1. The molecule has 130 valence electrons. The molecule has 0 radical (unpaired) electrons. The van der Waals surface area contributed by atoms with E-state index in [1.807, 2.05) is 13.0 Å². The Morgan fingerprint density at radius 2 is 2.17 bits per heavy atom. The Morgan fingerprint density at radius 3 is 2.78 bits per heavy atom. The summed E-state index contributed by atoms with van der Waals surface area (Å²) in [4.78, 5) is 15.5. The molecule has 1 aromatic rings. The zero-order valence-electron chi connectivity index (χ0n) is 14.5. The van der Waals surface area contributed by atoms with Gasteiger partial charge in [-0.2, -0.15) is 0 Å². The molecule has 7 nitrogen and oxygen atoms in total. The summed E-state index contributed by atoms with van der Waals surface area (Å²) in [5.74, 6) is 1.65. The van der Waals surface area contributed by atoms with Crippen molar-refractivity contribution in [2.45, 2.75) is 52.5 Å². The Kier molecular flexibility index (Phi) is 8.79. The highest BCUT2D eigenvalue weighted by atomic mass is 16.5. The lowest BCUT2D eigenvalue weighted by Gasteiger charge is -2.10. The second kappa shape index (κ2) is 10.6. The molecule has 0 aliphatic carbocycles. The van der Waals surface area contributed by atoms with Crippen LogP contribution in [0.1, 0.15) is 57.4 Å². The Morgan fingerprint density at radius 1 is 1.39 bits per heavy atom. The molecule has 0 spiro atoms. The third-order valence-corrected chi connectivity index (χ3v) is 3.23. The number of nitrogens with zero attached hydrogens (tertiary/aromatic N) is 2. The molecule has 1 heterocycles. The summed E-state index contributed by atoms with van der Waals surface area (Å²) in [5.41, 5.74) is 0.941. The number of hydrogen-bond acceptors (Lipinski definition) is 5. The van der Waals surface area contributed by atoms with Crippen LogP contribution in [0.3, 0.4) is 0 Å². The topological polar surface area (TPSA) is 88.8 Å². The van der Waals surface area contributed by atoms with Crippen molar-refractivity contribution in [1.82, 2.24) is 15.8 Å². The molecule has 0 unspecified atom stereocenters. The molecule has 0 saturated heterocycles. The average Bonchev–Trinajstić information content (AvgIpc) is 3.01. The van der Waals surface area contributed by atoms with Gasteiger partial charge in [0.1, 0.15) is 6.54 Å². The van der Waals surface area contributed by atoms with Crippen LogP contribution in [0.5, 0.6) is 0 Å². The number of aromatic nitrogens is 1. The van der Waals surface area contributed by atoms with Crippen LogP contribution < -0.4 is 10.6 Å². The average molecular weight is 324 g/mol. The summed E-state index contributed by atoms with van der Waals surface area (Å²) in [7, 11) is 1.41. The molecule has 0 fully saturated rings. The van der Waals surface area contributed by atoms with Gasteiger partial charge in [0.15, 0.2) is 11.7 Å². The smallest absolute Gasteiger partial charge is 0.305 e. The van der Waals surface area contributed by atoms with Gasteiger partial charge in [-0.3, -0.25) is 4.79 Å². The molecule has 0 atom stereocenters. The van der Waals surface area contributed by atoms with Crippen LogP contribution in [0.15, 0.2) is 15.6 Å². The van der Waals surface area contributed by atoms with Crippen LogP contribution in [-0.4, -0.2) is 37.3 Å². The summed E-state index contributed by atoms with van der Waals surface area (Å²) in [5, 5.41) is 10.4. The van der Waals surface area contributed by atoms with Gasteiger partial charge in [0, 0.05) is 25.6 Å². The number of aliphatic imine (C=N–C) groups is 1. The fourth-order valence-electron chi connectivity index (χ4n) is 1.88. The maximum Gasteiger partial charge on any atom is 0.305 e. The van der Waals surface area contributed by atoms with Crippen molar-refractivity contribution in [2.75, 3.05) is 20.2 Å². The number of ether oxygens (including phenoxy) is 1. The molecular weight excluding hydrogens is 296 g/mol. The Hall–Kier alpha value is -2.05. The van der Waals surface area contributed by atoms with Crippen LogP contribution in [0.25, 0.3) is 0 Å². The predicted octanol–water partition coefficient (Wildman–Crippen LogP) is 2.20. The summed E-state index contributed by atoms with van der Waals surface area (Å²) in [6.45, 7) is 8.13. The largest absolute Gasteiger partial charge is 0.469 e. The first-order valence-corrected chi connectivity index (χ1v) is 8.11. The van der Waals surface area contributed by atoms with E-state index in [0.717, 1.165) is 43.3 Å². The summed E-state index contributed by atoms with van der Waals surface area (Å²) in [6, 6.07) is 1.94. The lowest BCUT2D eigenvalue weighted by atomic mass is 10.1. The van der Waals surface area contributed by atoms with Crippen LogP contribution >= 0.6 is 0 Å². The normalized spacial score (nSPS) is 11.6. The second-order valence-corrected chi connectivity index (χ2v) is 5.53. The molecule has 0 aliphatic heterocycles. The molecule has 0 bridgehead atoms. The third kappa shape index (κ3) is 7.67. The van der Waals surface area contributed by atoms with Crippen molar-refractivity contribution in [3.8, 4) is 0 Å². The minimum atomic E-state index is -0.170. The van der Waals surface area contributed by atoms with Gasteiger partial charge in [-0.15, -0.1) is 0 Å². The van der Waals surface area contributed by atoms with Gasteiger partial charge in [0.05, 0.1) is 12.8 Å². The molecule has 7 heteroatoms. The maximum absolute atomic E-state index is 11.0. The van der Waals surface area contributed by atoms with E-state index in [4.69, 9.17) is 4.52 Å². The van der Waals surface area contributed by atoms with E-state index in [0.29, 0.717) is 18.9 Å². The standard InChI is InChI=1S/C16H28N4O3/c1-5-17-16(18-9-7-6-8-15(21)22-4)19-11-13-10-14(12(2)3)20-23-13/h10,12H,5-9,11H2,1-4H3,(H2,17,18,19). The number of nitrogens with one attached hydrogen (secondary N) is 2. The molecule has 2 N–H and O–H groups in total. The Labute approximate surface area is 137 Å². The fraction of sp³-hybridized carbons (Fsp3) is 0.688. The van der Waals surface area contributed by atoms with Gasteiger partial charge in [-0.1, -0.05) is 19.0 Å². The minimum absolute atomic E-state index is 0.170. The van der Waals surface area contributed by atoms with Gasteiger partial charge >= 0.3 is 5.97 Å². The van der Waals surface area contributed by atoms with Gasteiger partial charge < -0.3 is 19.9 Å². The zero-order valence-corrected chi connectivity index (χ0v) is 14.5. The van der Waals surface area contributed by atoms with Gasteiger partial charge in [0.2, 0.25) is 0 Å². The Balaban J connectivity index is 2.38. The predicted molar refractivity (Wildman–Crippen MR) is 89.3 cm³/mol. The van der Waals surface area contributed by atoms with E-state index < -0.39 is 0 Å². The van der Waals surface area contributed by atoms with E-state index in [1.165, 1.54) is 7.11 Å². The van der Waals surface area contributed by atoms with Crippen molar-refractivity contribution in [3.05, 3.63) is 17.5 Å². The first-order valence-electron chi connectivity index (χ1n) is 8.11. The number of carbonyl (C=O) groups excluding carboxylic acids is 1. The minimum Gasteiger partial charge on any atom is -0.469 e. The summed E-state index contributed by atoms with van der Waals surface area (Å²) in [6.07, 6.45) is 2.11. The highest BCUT2D eigenvalue weighted by molar-refractivity contribution is 5.79. The highest BCUT2D eigenvalue weighted by Gasteiger charge is 2.07. The second-order valence-electron chi connectivity index (χ2n) is 5.53. The van der Waals surface area contributed by atoms with Gasteiger partial charge in [0.25, 0.3) is 0 Å². The van der Waals surface area contributed by atoms with E-state index in [2.05, 4.69) is 39.4 Å². The molecule has 0 amide bonds. The van der Waals surface area contributed by atoms with Crippen LogP contribution in [0, 0.1) is 0 Å². The molecular formula is C16H28N4O3. The van der Waals surface area contributed by atoms with E-state index in [1.54, 1.807) is 0 Å². The molecule has 0 aliphatic rings. The van der Waals surface area contributed by atoms with Crippen molar-refractivity contribution < 1.29 is 14.1 Å². The molecule has 23 heavy (non-hydrogen) atoms. The fourth-order valence-corrected chi connectivity index (χ4v) is 1.88. The maximum atomic E-state index is 11.0. The van der Waals surface area contributed by atoms with Crippen LogP contribution in [0.2, 0.25) is 0 Å². The van der Waals surface area contributed by atoms with E-state index in [9.17, 15) is 4.79 Å². The molecule has 0 saturated carbocycles. The van der Waals surface area contributed by atoms with Crippen molar-refractivity contribution >= 4 is 11.9 Å². The monoisotopic (exact) mass is 324 g/mol. The SMILES string of the molecule is CCNC(=NCc1cc(C(C)C)no1)NCCCCC(=O)OC. The Bertz CT molecular complexity index is 497. The van der Waals surface area contributed by atoms with E-state index >= 15 is 0 Å². The van der Waals surface area contributed by atoms with Crippen molar-refractivity contribution in [3.63, 3.8) is 0 Å². The first kappa shape index (κ1) is 19.0. The highest BCUT2D eigenvalue weighted by Crippen LogP contribution is 2.14. The number of methoxy groups -OCH3 is 1. The van der Waals surface area contributed by atoms with Crippen molar-refractivity contribution in [2.24, 2.45) is 4.99 Å². The molecule has 1 aromatic heterocycles. The van der Waals surface area contributed by atoms with Crippen LogP contribution in [0.4, 0.5) is 0 Å². The van der Waals surface area contributed by atoms with Crippen LogP contribution in [-0.2, 0) is 16.1 Å². The number of hydrogen-bond donors (Lipinski definition) is 2. The lowest BCUT2D eigenvalue weighted by Crippen LogP contribution is -2.37.